The molecule has 2 atom stereocenters. The van der Waals surface area contributed by atoms with Crippen LogP contribution >= 0.6 is 0 Å². The zero-order valence-corrected chi connectivity index (χ0v) is 26.2. The third kappa shape index (κ3) is 9.59. The molecule has 0 saturated heterocycles. The molecule has 43 heavy (non-hydrogen) atoms. The second-order valence-corrected chi connectivity index (χ2v) is 12.8. The number of hydrogen-bond donors (Lipinski definition) is 3. The van der Waals surface area contributed by atoms with Gasteiger partial charge in [-0.25, -0.2) is 19.7 Å². The normalized spacial score (nSPS) is 17.3. The first-order valence-electron chi connectivity index (χ1n) is 15.1. The predicted octanol–water partition coefficient (Wildman–Crippen LogP) is 6.45. The molecule has 0 aliphatic heterocycles. The van der Waals surface area contributed by atoms with Crippen LogP contribution in [0.5, 0.6) is 0 Å². The summed E-state index contributed by atoms with van der Waals surface area (Å²) in [5, 5.41) is 21.8. The highest BCUT2D eigenvalue weighted by Gasteiger charge is 2.27. The summed E-state index contributed by atoms with van der Waals surface area (Å²) < 4.78 is 7.44. The van der Waals surface area contributed by atoms with Crippen molar-refractivity contribution >= 4 is 39.8 Å². The Morgan fingerprint density at radius 2 is 1.88 bits per heavy atom. The number of aryl methyl sites for hydroxylation is 1. The number of anilines is 1. The summed E-state index contributed by atoms with van der Waals surface area (Å²) in [5.41, 5.74) is 4.18. The van der Waals surface area contributed by atoms with Crippen LogP contribution in [-0.2, 0) is 16.0 Å². The topological polar surface area (TPSA) is 122 Å². The van der Waals surface area contributed by atoms with Gasteiger partial charge in [-0.2, -0.15) is 0 Å². The Morgan fingerprint density at radius 1 is 1.12 bits per heavy atom. The maximum Gasteiger partial charge on any atom is 0.330 e. The Hall–Kier alpha value is -3.82. The summed E-state index contributed by atoms with van der Waals surface area (Å²) in [6.07, 6.45) is 14.6. The van der Waals surface area contributed by atoms with E-state index in [0.29, 0.717) is 18.6 Å². The number of aliphatic hydroxyl groups is 2. The number of benzene rings is 1. The highest BCUT2D eigenvalue weighted by Crippen LogP contribution is 2.39. The molecule has 1 aliphatic rings. The molecule has 3 heterocycles. The highest BCUT2D eigenvalue weighted by molar-refractivity contribution is 5.90. The third-order valence-electron chi connectivity index (χ3n) is 7.25. The Morgan fingerprint density at radius 3 is 2.60 bits per heavy atom. The number of nitrogens with one attached hydrogen (secondary N) is 1. The van der Waals surface area contributed by atoms with E-state index >= 15 is 0 Å². The van der Waals surface area contributed by atoms with Crippen LogP contribution in [0, 0.1) is 5.92 Å². The summed E-state index contributed by atoms with van der Waals surface area (Å²) in [5.74, 6) is -0.311. The van der Waals surface area contributed by atoms with Gasteiger partial charge in [0.25, 0.3) is 0 Å². The van der Waals surface area contributed by atoms with E-state index in [1.807, 2.05) is 25.3 Å². The van der Waals surface area contributed by atoms with Gasteiger partial charge < -0.3 is 24.8 Å². The van der Waals surface area contributed by atoms with Crippen LogP contribution in [0.4, 0.5) is 5.82 Å². The van der Waals surface area contributed by atoms with Crippen LogP contribution in [0.15, 0.2) is 55.1 Å². The van der Waals surface area contributed by atoms with Crippen LogP contribution in [0.2, 0.25) is 0 Å². The van der Waals surface area contributed by atoms with E-state index in [0.717, 1.165) is 59.0 Å². The molecule has 1 aliphatic carbocycles. The van der Waals surface area contributed by atoms with E-state index in [1.54, 1.807) is 6.33 Å². The van der Waals surface area contributed by atoms with Gasteiger partial charge in [-0.3, -0.25) is 0 Å². The number of fused-ring (bicyclic) bond motifs is 2. The van der Waals surface area contributed by atoms with Gasteiger partial charge in [0.2, 0.25) is 0 Å². The number of pyridine rings is 1. The maximum atomic E-state index is 12.0. The highest BCUT2D eigenvalue weighted by atomic mass is 16.5. The van der Waals surface area contributed by atoms with Gasteiger partial charge in [-0.05, 0) is 127 Å². The van der Waals surface area contributed by atoms with Gasteiger partial charge >= 0.3 is 5.97 Å². The largest absolute Gasteiger partial charge is 0.463 e. The average Bonchev–Trinajstić information content (AvgIpc) is 3.56. The molecule has 3 aromatic heterocycles. The summed E-state index contributed by atoms with van der Waals surface area (Å²) >= 11 is 0. The van der Waals surface area contributed by atoms with E-state index in [-0.39, 0.29) is 11.5 Å². The summed E-state index contributed by atoms with van der Waals surface area (Å²) in [6, 6.07) is 11.0. The predicted molar refractivity (Wildman–Crippen MR) is 172 cm³/mol. The number of carbonyl (C=O) groups excluding carboxylic acids is 1. The van der Waals surface area contributed by atoms with Crippen molar-refractivity contribution in [3.05, 3.63) is 66.3 Å². The lowest BCUT2D eigenvalue weighted by atomic mass is 9.94. The minimum Gasteiger partial charge on any atom is -0.463 e. The fourth-order valence-electron chi connectivity index (χ4n) is 5.52. The van der Waals surface area contributed by atoms with Crippen LogP contribution in [0.3, 0.4) is 0 Å². The molecular formula is C34H45N5O4. The molecule has 3 N–H and O–H groups in total. The average molecular weight is 588 g/mol. The fourth-order valence-corrected chi connectivity index (χ4v) is 5.52. The molecule has 230 valence electrons. The number of hydrogen-bond acceptors (Lipinski definition) is 8. The molecular weight excluding hydrogens is 542 g/mol. The second kappa shape index (κ2) is 13.7. The van der Waals surface area contributed by atoms with Crippen LogP contribution in [0.25, 0.3) is 28.0 Å². The van der Waals surface area contributed by atoms with Gasteiger partial charge in [0.15, 0.2) is 5.79 Å². The van der Waals surface area contributed by atoms with E-state index in [9.17, 15) is 4.79 Å². The standard InChI is InChI=1S/C31H37N5O2.C3H8O2/c1-5-38-29(37)13-10-22-17-24-9-12-28(35-31(2,3)4)34-27(24)18-23(22)8-6-21-7-11-26(16-21)36-15-14-25-19-32-20-33-30(25)36;1-3(2,4)5/h9-10,12-15,17-21,26H,5-8,11,16H2,1-4H3,(H,34,35);4-5H,1-2H3/b13-10+;. The van der Waals surface area contributed by atoms with Gasteiger partial charge in [-0.15, -0.1) is 0 Å². The monoisotopic (exact) mass is 587 g/mol. The van der Waals surface area contributed by atoms with Crippen molar-refractivity contribution in [1.82, 2.24) is 19.5 Å². The Kier molecular flexibility index (Phi) is 10.2. The van der Waals surface area contributed by atoms with E-state index < -0.39 is 5.79 Å². The van der Waals surface area contributed by atoms with E-state index in [1.165, 1.54) is 31.9 Å². The lowest BCUT2D eigenvalue weighted by Gasteiger charge is -2.21. The molecule has 9 heteroatoms. The molecule has 1 aromatic carbocycles. The molecule has 5 rings (SSSR count). The molecule has 0 spiro atoms. The zero-order chi connectivity index (χ0) is 31.2. The first kappa shape index (κ1) is 32.1. The first-order chi connectivity index (χ1) is 20.3. The first-order valence-corrected chi connectivity index (χ1v) is 15.1. The quantitative estimate of drug-likeness (QED) is 0.122. The van der Waals surface area contributed by atoms with Crippen molar-refractivity contribution < 1.29 is 19.7 Å². The number of esters is 1. The molecule has 0 bridgehead atoms. The van der Waals surface area contributed by atoms with Crippen LogP contribution in [0.1, 0.15) is 84.4 Å². The van der Waals surface area contributed by atoms with Crippen molar-refractivity contribution in [2.75, 3.05) is 11.9 Å². The van der Waals surface area contributed by atoms with Gasteiger partial charge in [0, 0.05) is 40.8 Å². The smallest absolute Gasteiger partial charge is 0.330 e. The van der Waals surface area contributed by atoms with Crippen LogP contribution in [-0.4, -0.2) is 53.6 Å². The third-order valence-corrected chi connectivity index (χ3v) is 7.25. The minimum atomic E-state index is -1.50. The number of carbonyl (C=O) groups is 1. The molecule has 4 aromatic rings. The summed E-state index contributed by atoms with van der Waals surface area (Å²) in [6.45, 7) is 11.2. The zero-order valence-electron chi connectivity index (χ0n) is 26.2. The fraction of sp³-hybridized carbons (Fsp3) is 0.471. The van der Waals surface area contributed by atoms with Crippen molar-refractivity contribution in [2.45, 2.75) is 91.0 Å². The SMILES string of the molecule is CC(C)(O)O.CCOC(=O)/C=C/c1cc2ccc(NC(C)(C)C)nc2cc1CCC1CCC(n2ccc3cncnc32)C1. The Labute approximate surface area is 254 Å². The number of nitrogens with zero attached hydrogens (tertiary/aromatic N) is 4. The van der Waals surface area contributed by atoms with E-state index in [4.69, 9.17) is 19.9 Å². The van der Waals surface area contributed by atoms with Crippen molar-refractivity contribution in [2.24, 2.45) is 5.92 Å². The number of ether oxygens (including phenoxy) is 1. The lowest BCUT2D eigenvalue weighted by molar-refractivity contribution is -0.137. The number of aromatic nitrogens is 4. The Balaban J connectivity index is 0.000000782. The molecule has 1 fully saturated rings. The number of rotatable bonds is 8. The van der Waals surface area contributed by atoms with Crippen molar-refractivity contribution in [3.8, 4) is 0 Å². The molecule has 0 amide bonds. The van der Waals surface area contributed by atoms with Crippen molar-refractivity contribution in [1.29, 1.82) is 0 Å². The molecule has 9 nitrogen and oxygen atoms in total. The maximum absolute atomic E-state index is 12.0. The van der Waals surface area contributed by atoms with Crippen molar-refractivity contribution in [3.63, 3.8) is 0 Å². The molecule has 2 unspecified atom stereocenters. The Bertz CT molecular complexity index is 1560. The van der Waals surface area contributed by atoms with Gasteiger partial charge in [0.05, 0.1) is 12.1 Å². The van der Waals surface area contributed by atoms with Gasteiger partial charge in [-0.1, -0.05) is 0 Å². The van der Waals surface area contributed by atoms with Gasteiger partial charge in [0.1, 0.15) is 17.8 Å². The second-order valence-electron chi connectivity index (χ2n) is 12.8. The lowest BCUT2D eigenvalue weighted by Crippen LogP contribution is -2.26. The molecule has 0 radical (unpaired) electrons. The van der Waals surface area contributed by atoms with Crippen LogP contribution < -0.4 is 5.32 Å². The summed E-state index contributed by atoms with van der Waals surface area (Å²) in [4.78, 5) is 25.6. The minimum absolute atomic E-state index is 0.0675. The van der Waals surface area contributed by atoms with E-state index in [2.05, 4.69) is 71.1 Å². The summed E-state index contributed by atoms with van der Waals surface area (Å²) in [7, 11) is 0. The molecule has 1 saturated carbocycles.